The van der Waals surface area contributed by atoms with Crippen LogP contribution in [-0.2, 0) is 18.4 Å². The average Bonchev–Trinajstić information content (AvgIpc) is 3.39. The Morgan fingerprint density at radius 1 is 0.455 bits per heavy atom. The smallest absolute Gasteiger partial charge is 0.390 e. The minimum absolute atomic E-state index is 0.0185. The maximum Gasteiger partial charge on any atom is 0.472 e. The first-order valence-corrected chi connectivity index (χ1v) is 34.9. The highest BCUT2D eigenvalue weighted by molar-refractivity contribution is 7.47. The summed E-state index contributed by atoms with van der Waals surface area (Å²) in [5.74, 6) is -0.262. The first kappa shape index (κ1) is 75.7. The van der Waals surface area contributed by atoms with Gasteiger partial charge in [0.25, 0.3) is 0 Å². The van der Waals surface area contributed by atoms with Crippen molar-refractivity contribution in [2.45, 2.75) is 347 Å². The van der Waals surface area contributed by atoms with Crippen LogP contribution in [0.1, 0.15) is 328 Å². The zero-order valence-corrected chi connectivity index (χ0v) is 52.7. The molecule has 0 aliphatic rings. The molecule has 0 radical (unpaired) electrons. The van der Waals surface area contributed by atoms with E-state index in [1.807, 2.05) is 21.1 Å². The Kier molecular flexibility index (Phi) is 56.9. The molecule has 0 aliphatic heterocycles. The molecular formula is C67H132N2O7P+. The van der Waals surface area contributed by atoms with Crippen molar-refractivity contribution in [2.75, 3.05) is 40.9 Å². The SMILES string of the molecule is CCCCCCC/C=C\C/C=C\CCCCCCCCCCCCCCCCCCCCCCCCCCCCCCCC(=O)NC(COP(=O)(O)OCC[N+](C)(C)C)C(O)C(O)CCC/C=C/CCCCCCCCC. The van der Waals surface area contributed by atoms with Crippen LogP contribution >= 0.6 is 7.82 Å². The predicted octanol–water partition coefficient (Wildman–Crippen LogP) is 19.9. The van der Waals surface area contributed by atoms with Crippen molar-refractivity contribution in [1.29, 1.82) is 0 Å². The number of hydrogen-bond donors (Lipinski definition) is 4. The number of likely N-dealkylation sites (N-methyl/N-ethyl adjacent to an activating group) is 1. The standard InChI is InChI=1S/C67H131N2O7P/c1-6-8-10-12-14-16-18-20-21-22-23-24-25-26-27-28-29-30-31-32-33-34-35-36-37-38-39-40-41-42-43-44-45-46-47-48-50-52-54-56-58-60-66(71)68-64(63-76-77(73,74)75-62-61-69(3,4)5)67(72)65(70)59-57-55-53-51-49-19-17-15-13-11-9-7-2/h18,20,22-23,51,53,64-65,67,70,72H,6-17,19,21,24-50,52,54-63H2,1-5H3,(H-,68,71,73,74)/p+1/b20-18-,23-22-,53-51+. The van der Waals surface area contributed by atoms with Gasteiger partial charge in [-0.25, -0.2) is 4.57 Å². The molecule has 0 aromatic carbocycles. The van der Waals surface area contributed by atoms with E-state index in [1.165, 1.54) is 257 Å². The molecule has 0 saturated carbocycles. The van der Waals surface area contributed by atoms with Gasteiger partial charge in [-0.1, -0.05) is 288 Å². The first-order chi connectivity index (χ1) is 37.4. The number of carbonyl (C=O) groups is 1. The molecule has 1 amide bonds. The number of nitrogens with one attached hydrogen (secondary N) is 1. The number of nitrogens with zero attached hydrogens (tertiary/aromatic N) is 1. The summed E-state index contributed by atoms with van der Waals surface area (Å²) in [5.41, 5.74) is 0. The molecule has 0 aromatic heterocycles. The van der Waals surface area contributed by atoms with E-state index in [9.17, 15) is 24.5 Å². The average molecular weight is 1110 g/mol. The van der Waals surface area contributed by atoms with Crippen LogP contribution in [0.15, 0.2) is 36.5 Å². The monoisotopic (exact) mass is 1110 g/mol. The van der Waals surface area contributed by atoms with E-state index in [2.05, 4.69) is 55.6 Å². The summed E-state index contributed by atoms with van der Waals surface area (Å²) in [4.78, 5) is 23.3. The van der Waals surface area contributed by atoms with Crippen LogP contribution in [0.5, 0.6) is 0 Å². The van der Waals surface area contributed by atoms with Crippen LogP contribution in [0.3, 0.4) is 0 Å². The molecule has 9 nitrogen and oxygen atoms in total. The van der Waals surface area contributed by atoms with E-state index >= 15 is 0 Å². The molecule has 10 heteroatoms. The number of carbonyl (C=O) groups excluding carboxylic acids is 1. The zero-order valence-electron chi connectivity index (χ0n) is 51.8. The molecule has 0 rings (SSSR count). The maximum absolute atomic E-state index is 13.0. The predicted molar refractivity (Wildman–Crippen MR) is 334 cm³/mol. The Morgan fingerprint density at radius 3 is 1.12 bits per heavy atom. The zero-order chi connectivity index (χ0) is 56.4. The number of rotatable bonds is 62. The summed E-state index contributed by atoms with van der Waals surface area (Å²) in [5, 5.41) is 24.8. The molecule has 4 atom stereocenters. The highest BCUT2D eigenvalue weighted by atomic mass is 31.2. The molecule has 0 aliphatic carbocycles. The summed E-state index contributed by atoms with van der Waals surface area (Å²) in [6, 6.07) is -1.05. The molecular weight excluding hydrogens is 976 g/mol. The highest BCUT2D eigenvalue weighted by Crippen LogP contribution is 2.43. The number of hydrogen-bond acceptors (Lipinski definition) is 6. The number of aliphatic hydroxyl groups excluding tert-OH is 2. The van der Waals surface area contributed by atoms with Gasteiger partial charge in [-0.3, -0.25) is 13.8 Å². The topological polar surface area (TPSA) is 125 Å². The van der Waals surface area contributed by atoms with Crippen LogP contribution in [0.25, 0.3) is 0 Å². The van der Waals surface area contributed by atoms with E-state index in [4.69, 9.17) is 9.05 Å². The van der Waals surface area contributed by atoms with Gasteiger partial charge in [0, 0.05) is 6.42 Å². The fourth-order valence-corrected chi connectivity index (χ4v) is 10.9. The fraction of sp³-hybridized carbons (Fsp3) is 0.896. The van der Waals surface area contributed by atoms with E-state index in [-0.39, 0.29) is 18.9 Å². The Morgan fingerprint density at radius 2 is 0.766 bits per heavy atom. The van der Waals surface area contributed by atoms with Crippen LogP contribution in [0, 0.1) is 0 Å². The summed E-state index contributed by atoms with van der Waals surface area (Å²) >= 11 is 0. The molecule has 0 saturated heterocycles. The molecule has 4 N–H and O–H groups in total. The Labute approximate surface area is 479 Å². The van der Waals surface area contributed by atoms with Gasteiger partial charge in [0.15, 0.2) is 0 Å². The summed E-state index contributed by atoms with van der Waals surface area (Å²) in [6.45, 7) is 4.60. The Balaban J connectivity index is 3.87. The number of amides is 1. The fourth-order valence-electron chi connectivity index (χ4n) is 10.2. The molecule has 0 fully saturated rings. The van der Waals surface area contributed by atoms with E-state index < -0.39 is 32.7 Å². The van der Waals surface area contributed by atoms with Gasteiger partial charge in [0.05, 0.1) is 39.9 Å². The van der Waals surface area contributed by atoms with Crippen LogP contribution in [0.4, 0.5) is 0 Å². The minimum atomic E-state index is -4.43. The van der Waals surface area contributed by atoms with Crippen molar-refractivity contribution in [3.05, 3.63) is 36.5 Å². The third-order valence-corrected chi connectivity index (χ3v) is 16.4. The van der Waals surface area contributed by atoms with Crippen molar-refractivity contribution in [2.24, 2.45) is 0 Å². The lowest BCUT2D eigenvalue weighted by Gasteiger charge is -2.28. The number of aliphatic hydroxyl groups is 2. The Hall–Kier alpha value is -1.32. The van der Waals surface area contributed by atoms with Crippen molar-refractivity contribution >= 4 is 13.7 Å². The van der Waals surface area contributed by atoms with Gasteiger partial charge in [-0.05, 0) is 70.6 Å². The molecule has 0 aromatic rings. The van der Waals surface area contributed by atoms with Gasteiger partial charge in [0.2, 0.25) is 5.91 Å². The van der Waals surface area contributed by atoms with E-state index in [0.717, 1.165) is 38.5 Å². The number of phosphoric ester groups is 1. The highest BCUT2D eigenvalue weighted by Gasteiger charge is 2.32. The van der Waals surface area contributed by atoms with Crippen molar-refractivity contribution in [3.8, 4) is 0 Å². The van der Waals surface area contributed by atoms with Crippen molar-refractivity contribution < 1.29 is 38.0 Å². The number of phosphoric acid groups is 1. The summed E-state index contributed by atoms with van der Waals surface area (Å²) < 4.78 is 23.6. The molecule has 0 bridgehead atoms. The van der Waals surface area contributed by atoms with Crippen molar-refractivity contribution in [3.63, 3.8) is 0 Å². The van der Waals surface area contributed by atoms with Gasteiger partial charge in [0.1, 0.15) is 19.3 Å². The number of allylic oxidation sites excluding steroid dienone is 6. The summed E-state index contributed by atoms with van der Waals surface area (Å²) in [6.07, 6.45) is 73.0. The lowest BCUT2D eigenvalue weighted by atomic mass is 10.0. The minimum Gasteiger partial charge on any atom is -0.390 e. The third kappa shape index (κ3) is 59.1. The van der Waals surface area contributed by atoms with E-state index in [0.29, 0.717) is 23.9 Å². The van der Waals surface area contributed by atoms with Gasteiger partial charge >= 0.3 is 7.82 Å². The second kappa shape index (κ2) is 57.9. The summed E-state index contributed by atoms with van der Waals surface area (Å²) in [7, 11) is 1.43. The van der Waals surface area contributed by atoms with Crippen LogP contribution in [-0.4, -0.2) is 84.6 Å². The number of quaternary nitrogens is 1. The second-order valence-electron chi connectivity index (χ2n) is 24.3. The van der Waals surface area contributed by atoms with Gasteiger partial charge in [-0.2, -0.15) is 0 Å². The quantitative estimate of drug-likeness (QED) is 0.0207. The van der Waals surface area contributed by atoms with Crippen LogP contribution < -0.4 is 5.32 Å². The lowest BCUT2D eigenvalue weighted by molar-refractivity contribution is -0.870. The molecule has 456 valence electrons. The van der Waals surface area contributed by atoms with E-state index in [1.54, 1.807) is 0 Å². The molecule has 0 spiro atoms. The normalized spacial score (nSPS) is 14.3. The molecule has 4 unspecified atom stereocenters. The largest absolute Gasteiger partial charge is 0.472 e. The molecule has 0 heterocycles. The third-order valence-electron chi connectivity index (χ3n) is 15.5. The lowest BCUT2D eigenvalue weighted by Crippen LogP contribution is -2.51. The molecule has 77 heavy (non-hydrogen) atoms. The second-order valence-corrected chi connectivity index (χ2v) is 25.8. The first-order valence-electron chi connectivity index (χ1n) is 33.4. The van der Waals surface area contributed by atoms with Gasteiger partial charge < -0.3 is 24.9 Å². The van der Waals surface area contributed by atoms with Crippen LogP contribution in [0.2, 0.25) is 0 Å². The van der Waals surface area contributed by atoms with Gasteiger partial charge in [-0.15, -0.1) is 0 Å². The maximum atomic E-state index is 13.0. The Bertz CT molecular complexity index is 1370. The number of unbranched alkanes of at least 4 members (excludes halogenated alkanes) is 42. The van der Waals surface area contributed by atoms with Crippen molar-refractivity contribution in [1.82, 2.24) is 5.32 Å².